The normalized spacial score (nSPS) is 15.8. The molecule has 0 radical (unpaired) electrons. The highest BCUT2D eigenvalue weighted by molar-refractivity contribution is 7.71. The maximum absolute atomic E-state index is 11.8. The zero-order valence-corrected chi connectivity index (χ0v) is 10.3. The molecular formula is C12H9N3O2S. The van der Waals surface area contributed by atoms with Gasteiger partial charge in [0.1, 0.15) is 21.8 Å². The Morgan fingerprint density at radius 3 is 3.06 bits per heavy atom. The van der Waals surface area contributed by atoms with Crippen LogP contribution in [0.15, 0.2) is 18.5 Å². The highest BCUT2D eigenvalue weighted by Gasteiger charge is 2.28. The van der Waals surface area contributed by atoms with Crippen LogP contribution in [0.2, 0.25) is 0 Å². The van der Waals surface area contributed by atoms with Crippen molar-refractivity contribution in [3.63, 3.8) is 0 Å². The molecule has 0 aliphatic carbocycles. The average molecular weight is 259 g/mol. The van der Waals surface area contributed by atoms with E-state index in [-0.39, 0.29) is 0 Å². The molecule has 5 nitrogen and oxygen atoms in total. The number of nitrogens with zero attached hydrogens (tertiary/aromatic N) is 1. The monoisotopic (exact) mass is 259 g/mol. The Bertz CT molecular complexity index is 713. The molecule has 2 aromatic heterocycles. The third-order valence-electron chi connectivity index (χ3n) is 2.63. The number of imidazole rings is 1. The quantitative estimate of drug-likeness (QED) is 0.609. The number of H-pyrrole nitrogens is 2. The van der Waals surface area contributed by atoms with Crippen LogP contribution in [0.5, 0.6) is 0 Å². The molecule has 3 heterocycles. The van der Waals surface area contributed by atoms with Crippen LogP contribution in [0.1, 0.15) is 27.4 Å². The number of hydrogen-bond donors (Lipinski definition) is 2. The summed E-state index contributed by atoms with van der Waals surface area (Å²) < 4.78 is 5.62. The molecule has 0 bridgehead atoms. The second kappa shape index (κ2) is 3.92. The number of cyclic esters (lactones) is 1. The zero-order chi connectivity index (χ0) is 12.7. The lowest BCUT2D eigenvalue weighted by Gasteiger charge is -1.99. The van der Waals surface area contributed by atoms with Crippen molar-refractivity contribution < 1.29 is 9.53 Å². The first-order chi connectivity index (χ1) is 8.65. The van der Waals surface area contributed by atoms with E-state index in [1.807, 2.05) is 13.0 Å². The van der Waals surface area contributed by atoms with Gasteiger partial charge in [-0.05, 0) is 13.0 Å². The van der Waals surface area contributed by atoms with Crippen LogP contribution >= 0.6 is 12.2 Å². The maximum Gasteiger partial charge on any atom is 0.347 e. The number of esters is 1. The van der Waals surface area contributed by atoms with Gasteiger partial charge in [0, 0.05) is 29.7 Å². The molecule has 0 spiro atoms. The molecule has 0 amide bonds. The minimum atomic E-state index is -0.427. The standard InChI is InChI=1S/C12H9N3O2S/c1-6-4-7-8(5-9-13-2-3-14-9)17-12(16)10(7)11(18)15-6/h2-5H,1H3,(H,13,14)(H,15,18)/b8-5-. The highest BCUT2D eigenvalue weighted by atomic mass is 32.1. The lowest BCUT2D eigenvalue weighted by atomic mass is 10.1. The van der Waals surface area contributed by atoms with E-state index in [4.69, 9.17) is 17.0 Å². The number of aromatic nitrogens is 3. The largest absolute Gasteiger partial charge is 0.422 e. The number of hydrogen-bond acceptors (Lipinski definition) is 4. The van der Waals surface area contributed by atoms with Gasteiger partial charge in [0.15, 0.2) is 0 Å². The van der Waals surface area contributed by atoms with E-state index < -0.39 is 5.97 Å². The number of pyridine rings is 1. The summed E-state index contributed by atoms with van der Waals surface area (Å²) >= 11 is 5.14. The number of carbonyl (C=O) groups excluding carboxylic acids is 1. The van der Waals surface area contributed by atoms with Gasteiger partial charge in [0.05, 0.1) is 0 Å². The molecule has 0 unspecified atom stereocenters. The smallest absolute Gasteiger partial charge is 0.347 e. The number of aromatic amines is 2. The van der Waals surface area contributed by atoms with Crippen molar-refractivity contribution in [1.29, 1.82) is 0 Å². The maximum atomic E-state index is 11.8. The predicted octanol–water partition coefficient (Wildman–Crippen LogP) is 2.44. The minimum absolute atomic E-state index is 0.401. The average Bonchev–Trinajstić information content (AvgIpc) is 2.88. The van der Waals surface area contributed by atoms with Crippen LogP contribution in [0, 0.1) is 11.6 Å². The number of nitrogens with one attached hydrogen (secondary N) is 2. The molecule has 0 saturated carbocycles. The molecule has 1 aliphatic rings. The van der Waals surface area contributed by atoms with Gasteiger partial charge in [-0.25, -0.2) is 9.78 Å². The summed E-state index contributed by atoms with van der Waals surface area (Å²) in [4.78, 5) is 21.7. The number of fused-ring (bicyclic) bond motifs is 1. The van der Waals surface area contributed by atoms with Crippen LogP contribution in [0.3, 0.4) is 0 Å². The summed E-state index contributed by atoms with van der Waals surface area (Å²) in [6.45, 7) is 1.88. The Hall–Kier alpha value is -2.21. The number of rotatable bonds is 1. The summed E-state index contributed by atoms with van der Waals surface area (Å²) in [6.07, 6.45) is 5.01. The van der Waals surface area contributed by atoms with Gasteiger partial charge in [-0.15, -0.1) is 0 Å². The van der Waals surface area contributed by atoms with Gasteiger partial charge in [-0.2, -0.15) is 0 Å². The molecule has 90 valence electrons. The third kappa shape index (κ3) is 1.67. The molecule has 2 aromatic rings. The molecule has 2 N–H and O–H groups in total. The van der Waals surface area contributed by atoms with Crippen molar-refractivity contribution in [2.24, 2.45) is 0 Å². The summed E-state index contributed by atoms with van der Waals surface area (Å²) in [5, 5.41) is 0. The Balaban J connectivity index is 2.20. The first-order valence-electron chi connectivity index (χ1n) is 5.33. The third-order valence-corrected chi connectivity index (χ3v) is 2.93. The van der Waals surface area contributed by atoms with E-state index in [0.29, 0.717) is 27.4 Å². The summed E-state index contributed by atoms with van der Waals surface area (Å²) in [5.41, 5.74) is 1.99. The van der Waals surface area contributed by atoms with Crippen LogP contribution < -0.4 is 0 Å². The topological polar surface area (TPSA) is 70.8 Å². The molecule has 3 rings (SSSR count). The lowest BCUT2D eigenvalue weighted by molar-refractivity contribution is 0.0716. The van der Waals surface area contributed by atoms with E-state index in [0.717, 1.165) is 5.69 Å². The van der Waals surface area contributed by atoms with E-state index in [1.165, 1.54) is 0 Å². The molecular weight excluding hydrogens is 250 g/mol. The van der Waals surface area contributed by atoms with Crippen molar-refractivity contribution >= 4 is 30.0 Å². The van der Waals surface area contributed by atoms with Crippen molar-refractivity contribution in [2.75, 3.05) is 0 Å². The van der Waals surface area contributed by atoms with Crippen molar-refractivity contribution in [2.45, 2.75) is 6.92 Å². The molecule has 0 atom stereocenters. The molecule has 1 aliphatic heterocycles. The highest BCUT2D eigenvalue weighted by Crippen LogP contribution is 2.31. The molecule has 0 fully saturated rings. The fourth-order valence-corrected chi connectivity index (χ4v) is 2.23. The fourth-order valence-electron chi connectivity index (χ4n) is 1.88. The Morgan fingerprint density at radius 1 is 1.50 bits per heavy atom. The summed E-state index contributed by atoms with van der Waals surface area (Å²) in [5.74, 6) is 0.666. The fraction of sp³-hybridized carbons (Fsp3) is 0.0833. The van der Waals surface area contributed by atoms with Crippen molar-refractivity contribution in [3.05, 3.63) is 45.7 Å². The van der Waals surface area contributed by atoms with Crippen LogP contribution in [-0.4, -0.2) is 20.9 Å². The summed E-state index contributed by atoms with van der Waals surface area (Å²) in [6, 6.07) is 1.84. The minimum Gasteiger partial charge on any atom is -0.422 e. The van der Waals surface area contributed by atoms with Gasteiger partial charge >= 0.3 is 5.97 Å². The first kappa shape index (κ1) is 10.9. The second-order valence-corrected chi connectivity index (χ2v) is 4.35. The lowest BCUT2D eigenvalue weighted by Crippen LogP contribution is -1.97. The van der Waals surface area contributed by atoms with Crippen LogP contribution in [-0.2, 0) is 4.74 Å². The van der Waals surface area contributed by atoms with E-state index in [9.17, 15) is 4.79 Å². The van der Waals surface area contributed by atoms with Crippen LogP contribution in [0.25, 0.3) is 11.8 Å². The number of carbonyl (C=O) groups is 1. The predicted molar refractivity (Wildman–Crippen MR) is 68.2 cm³/mol. The first-order valence-corrected chi connectivity index (χ1v) is 5.73. The molecule has 18 heavy (non-hydrogen) atoms. The van der Waals surface area contributed by atoms with Gasteiger partial charge in [0.2, 0.25) is 0 Å². The number of ether oxygens (including phenoxy) is 1. The van der Waals surface area contributed by atoms with Gasteiger partial charge in [0.25, 0.3) is 0 Å². The Kier molecular flexibility index (Phi) is 2.38. The molecule has 6 heteroatoms. The second-order valence-electron chi connectivity index (χ2n) is 3.94. The zero-order valence-electron chi connectivity index (χ0n) is 9.48. The van der Waals surface area contributed by atoms with E-state index in [2.05, 4.69) is 15.0 Å². The number of aryl methyl sites for hydroxylation is 1. The van der Waals surface area contributed by atoms with Gasteiger partial charge < -0.3 is 14.7 Å². The molecule has 0 aromatic carbocycles. The van der Waals surface area contributed by atoms with Gasteiger partial charge in [-0.1, -0.05) is 12.2 Å². The Morgan fingerprint density at radius 2 is 2.33 bits per heavy atom. The van der Waals surface area contributed by atoms with E-state index in [1.54, 1.807) is 18.5 Å². The van der Waals surface area contributed by atoms with Crippen LogP contribution in [0.4, 0.5) is 0 Å². The Labute approximate surface area is 108 Å². The van der Waals surface area contributed by atoms with Crippen molar-refractivity contribution in [3.8, 4) is 0 Å². The van der Waals surface area contributed by atoms with E-state index >= 15 is 0 Å². The molecule has 0 saturated heterocycles. The van der Waals surface area contributed by atoms with Crippen molar-refractivity contribution in [1.82, 2.24) is 15.0 Å². The SMILES string of the molecule is Cc1cc2c(c(=S)[nH]1)C(=O)O/C2=C\c1ncc[nH]1. The summed E-state index contributed by atoms with van der Waals surface area (Å²) in [7, 11) is 0. The van der Waals surface area contributed by atoms with Gasteiger partial charge in [-0.3, -0.25) is 0 Å².